The molecule has 14 heavy (non-hydrogen) atoms. The lowest BCUT2D eigenvalue weighted by atomic mass is 9.93. The second-order valence-electron chi connectivity index (χ2n) is 4.37. The van der Waals surface area contributed by atoms with Crippen molar-refractivity contribution in [3.05, 3.63) is 47.5 Å². The third-order valence-corrected chi connectivity index (χ3v) is 3.54. The highest BCUT2D eigenvalue weighted by atomic mass is 15.2. The first kappa shape index (κ1) is 8.25. The van der Waals surface area contributed by atoms with Gasteiger partial charge in [-0.2, -0.15) is 0 Å². The van der Waals surface area contributed by atoms with Gasteiger partial charge in [0.25, 0.3) is 0 Å². The van der Waals surface area contributed by atoms with Gasteiger partial charge in [-0.15, -0.1) is 0 Å². The molecule has 0 spiro atoms. The summed E-state index contributed by atoms with van der Waals surface area (Å²) in [6.45, 7) is 6.50. The van der Waals surface area contributed by atoms with E-state index in [1.807, 2.05) is 0 Å². The van der Waals surface area contributed by atoms with Crippen LogP contribution in [-0.2, 0) is 13.0 Å². The van der Waals surface area contributed by atoms with Gasteiger partial charge in [-0.05, 0) is 24.0 Å². The Morgan fingerprint density at radius 2 is 2.00 bits per heavy atom. The van der Waals surface area contributed by atoms with Crippen molar-refractivity contribution in [1.82, 2.24) is 4.90 Å². The minimum atomic E-state index is 0.630. The molecule has 1 aromatic carbocycles. The lowest BCUT2D eigenvalue weighted by Gasteiger charge is -2.31. The van der Waals surface area contributed by atoms with Crippen LogP contribution in [0.15, 0.2) is 36.4 Å². The van der Waals surface area contributed by atoms with Gasteiger partial charge in [0, 0.05) is 19.1 Å². The minimum absolute atomic E-state index is 0.630. The highest BCUT2D eigenvalue weighted by Gasteiger charge is 2.31. The SMILES string of the molecule is C=C1CCN2Cc3ccccc3CC12. The number of fused-ring (bicyclic) bond motifs is 2. The second kappa shape index (κ2) is 2.96. The molecule has 1 unspecified atom stereocenters. The summed E-state index contributed by atoms with van der Waals surface area (Å²) < 4.78 is 0. The van der Waals surface area contributed by atoms with Gasteiger partial charge in [0.15, 0.2) is 0 Å². The zero-order chi connectivity index (χ0) is 9.54. The Balaban J connectivity index is 1.99. The lowest BCUT2D eigenvalue weighted by molar-refractivity contribution is 0.242. The van der Waals surface area contributed by atoms with Crippen LogP contribution in [0.3, 0.4) is 0 Å². The smallest absolute Gasteiger partial charge is 0.0349 e. The monoisotopic (exact) mass is 185 g/mol. The summed E-state index contributed by atoms with van der Waals surface area (Å²) in [4.78, 5) is 2.56. The Morgan fingerprint density at radius 1 is 1.21 bits per heavy atom. The first-order valence-electron chi connectivity index (χ1n) is 5.33. The molecule has 2 aliphatic rings. The van der Waals surface area contributed by atoms with Gasteiger partial charge in [-0.1, -0.05) is 36.4 Å². The molecule has 0 amide bonds. The molecule has 0 saturated carbocycles. The predicted molar refractivity (Wildman–Crippen MR) is 58.1 cm³/mol. The minimum Gasteiger partial charge on any atom is -0.292 e. The molecule has 0 radical (unpaired) electrons. The fourth-order valence-corrected chi connectivity index (χ4v) is 2.67. The van der Waals surface area contributed by atoms with Crippen molar-refractivity contribution < 1.29 is 0 Å². The molecule has 1 fully saturated rings. The standard InChI is InChI=1S/C13H15N/c1-10-6-7-14-9-12-5-3-2-4-11(12)8-13(10)14/h2-5,13H,1,6-9H2. The van der Waals surface area contributed by atoms with E-state index in [0.29, 0.717) is 6.04 Å². The van der Waals surface area contributed by atoms with Gasteiger partial charge in [-0.3, -0.25) is 4.90 Å². The Hall–Kier alpha value is -1.08. The third kappa shape index (κ3) is 1.12. The molecular formula is C13H15N. The van der Waals surface area contributed by atoms with Crippen LogP contribution in [0.1, 0.15) is 17.5 Å². The molecule has 72 valence electrons. The number of benzene rings is 1. The fourth-order valence-electron chi connectivity index (χ4n) is 2.67. The molecule has 2 aliphatic heterocycles. The van der Waals surface area contributed by atoms with E-state index in [9.17, 15) is 0 Å². The molecule has 1 nitrogen and oxygen atoms in total. The molecule has 0 aromatic heterocycles. The number of rotatable bonds is 0. The van der Waals surface area contributed by atoms with E-state index >= 15 is 0 Å². The average molecular weight is 185 g/mol. The Bertz CT molecular complexity index is 381. The van der Waals surface area contributed by atoms with Crippen LogP contribution in [0, 0.1) is 0 Å². The van der Waals surface area contributed by atoms with Gasteiger partial charge in [0.05, 0.1) is 0 Å². The van der Waals surface area contributed by atoms with Crippen LogP contribution in [0.5, 0.6) is 0 Å². The second-order valence-corrected chi connectivity index (χ2v) is 4.37. The van der Waals surface area contributed by atoms with Crippen LogP contribution in [0.2, 0.25) is 0 Å². The third-order valence-electron chi connectivity index (χ3n) is 3.54. The van der Waals surface area contributed by atoms with Crippen LogP contribution >= 0.6 is 0 Å². The van der Waals surface area contributed by atoms with E-state index in [1.54, 1.807) is 0 Å². The molecule has 2 heterocycles. The summed E-state index contributed by atoms with van der Waals surface area (Å²) >= 11 is 0. The van der Waals surface area contributed by atoms with Crippen LogP contribution in [-0.4, -0.2) is 17.5 Å². The van der Waals surface area contributed by atoms with Gasteiger partial charge in [0.1, 0.15) is 0 Å². The molecule has 1 saturated heterocycles. The van der Waals surface area contributed by atoms with Gasteiger partial charge in [0.2, 0.25) is 0 Å². The molecule has 1 aromatic rings. The quantitative estimate of drug-likeness (QED) is 0.561. The van der Waals surface area contributed by atoms with Gasteiger partial charge >= 0.3 is 0 Å². The number of hydrogen-bond acceptors (Lipinski definition) is 1. The molecule has 1 heteroatoms. The molecule has 0 N–H and O–H groups in total. The normalized spacial score (nSPS) is 26.0. The Morgan fingerprint density at radius 3 is 2.86 bits per heavy atom. The van der Waals surface area contributed by atoms with Crippen molar-refractivity contribution in [2.24, 2.45) is 0 Å². The Labute approximate surface area is 85.0 Å². The van der Waals surface area contributed by atoms with E-state index in [2.05, 4.69) is 35.7 Å². The molecule has 3 rings (SSSR count). The summed E-state index contributed by atoms with van der Waals surface area (Å²) in [5, 5.41) is 0. The lowest BCUT2D eigenvalue weighted by Crippen LogP contribution is -2.35. The highest BCUT2D eigenvalue weighted by Crippen LogP contribution is 2.32. The largest absolute Gasteiger partial charge is 0.292 e. The van der Waals surface area contributed by atoms with Crippen molar-refractivity contribution in [2.45, 2.75) is 25.4 Å². The first-order valence-corrected chi connectivity index (χ1v) is 5.33. The fraction of sp³-hybridized carbons (Fsp3) is 0.385. The number of nitrogens with zero attached hydrogens (tertiary/aromatic N) is 1. The average Bonchev–Trinajstić information content (AvgIpc) is 2.57. The molecule has 0 aliphatic carbocycles. The van der Waals surface area contributed by atoms with Crippen LogP contribution < -0.4 is 0 Å². The van der Waals surface area contributed by atoms with E-state index in [4.69, 9.17) is 0 Å². The van der Waals surface area contributed by atoms with E-state index in [0.717, 1.165) is 6.54 Å². The van der Waals surface area contributed by atoms with Crippen molar-refractivity contribution in [3.63, 3.8) is 0 Å². The zero-order valence-corrected chi connectivity index (χ0v) is 8.37. The van der Waals surface area contributed by atoms with Gasteiger partial charge < -0.3 is 0 Å². The topological polar surface area (TPSA) is 3.24 Å². The summed E-state index contributed by atoms with van der Waals surface area (Å²) in [5.41, 5.74) is 4.47. The maximum atomic E-state index is 4.17. The summed E-state index contributed by atoms with van der Waals surface area (Å²) in [5.74, 6) is 0. The maximum Gasteiger partial charge on any atom is 0.0349 e. The summed E-state index contributed by atoms with van der Waals surface area (Å²) in [7, 11) is 0. The van der Waals surface area contributed by atoms with Crippen molar-refractivity contribution in [1.29, 1.82) is 0 Å². The predicted octanol–water partition coefficient (Wildman–Crippen LogP) is 2.37. The first-order chi connectivity index (χ1) is 6.84. The van der Waals surface area contributed by atoms with E-state index in [1.165, 1.54) is 36.1 Å². The van der Waals surface area contributed by atoms with Crippen LogP contribution in [0.4, 0.5) is 0 Å². The summed E-state index contributed by atoms with van der Waals surface area (Å²) in [6, 6.07) is 9.44. The number of hydrogen-bond donors (Lipinski definition) is 0. The molecular weight excluding hydrogens is 170 g/mol. The van der Waals surface area contributed by atoms with Crippen LogP contribution in [0.25, 0.3) is 0 Å². The van der Waals surface area contributed by atoms with E-state index in [-0.39, 0.29) is 0 Å². The zero-order valence-electron chi connectivity index (χ0n) is 8.37. The maximum absolute atomic E-state index is 4.17. The molecule has 1 atom stereocenters. The van der Waals surface area contributed by atoms with Gasteiger partial charge in [-0.25, -0.2) is 0 Å². The van der Waals surface area contributed by atoms with E-state index < -0.39 is 0 Å². The van der Waals surface area contributed by atoms with Crippen molar-refractivity contribution in [2.75, 3.05) is 6.54 Å². The van der Waals surface area contributed by atoms with Crippen molar-refractivity contribution in [3.8, 4) is 0 Å². The van der Waals surface area contributed by atoms with Crippen molar-refractivity contribution >= 4 is 0 Å². The highest BCUT2D eigenvalue weighted by molar-refractivity contribution is 5.33. The Kier molecular flexibility index (Phi) is 1.74. The molecule has 0 bridgehead atoms. The summed E-state index contributed by atoms with van der Waals surface area (Å²) in [6.07, 6.45) is 2.37.